The second-order valence-electron chi connectivity index (χ2n) is 7.86. The highest BCUT2D eigenvalue weighted by Crippen LogP contribution is 2.35. The summed E-state index contributed by atoms with van der Waals surface area (Å²) < 4.78 is 47.3. The molecule has 0 aliphatic carbocycles. The lowest BCUT2D eigenvalue weighted by atomic mass is 10.0. The molecule has 1 aliphatic rings. The molecule has 2 aromatic carbocycles. The van der Waals surface area contributed by atoms with E-state index in [-0.39, 0.29) is 0 Å². The molecule has 8 nitrogen and oxygen atoms in total. The van der Waals surface area contributed by atoms with Crippen LogP contribution in [0.4, 0.5) is 19.1 Å². The van der Waals surface area contributed by atoms with E-state index in [9.17, 15) is 13.2 Å². The topological polar surface area (TPSA) is 81.9 Å². The van der Waals surface area contributed by atoms with Gasteiger partial charge in [0.15, 0.2) is 5.82 Å². The Balaban J connectivity index is 1.67. The Morgan fingerprint density at radius 1 is 1.00 bits per heavy atom. The fourth-order valence-corrected chi connectivity index (χ4v) is 3.73. The zero-order valence-corrected chi connectivity index (χ0v) is 18.2. The predicted octanol–water partition coefficient (Wildman–Crippen LogP) is 3.95. The molecule has 0 N–H and O–H groups in total. The van der Waals surface area contributed by atoms with E-state index < -0.39 is 11.7 Å². The third-order valence-corrected chi connectivity index (χ3v) is 5.52. The monoisotopic (exact) mass is 467 g/mol. The van der Waals surface area contributed by atoms with Gasteiger partial charge in [-0.25, -0.2) is 9.97 Å². The zero-order valence-electron chi connectivity index (χ0n) is 18.2. The number of nitrogens with zero attached hydrogens (tertiary/aromatic N) is 7. The number of hydrogen-bond donors (Lipinski definition) is 0. The molecule has 0 radical (unpaired) electrons. The summed E-state index contributed by atoms with van der Waals surface area (Å²) in [4.78, 5) is 11.1. The van der Waals surface area contributed by atoms with Crippen molar-refractivity contribution in [2.45, 2.75) is 13.1 Å². The Morgan fingerprint density at radius 3 is 2.50 bits per heavy atom. The normalized spacial score (nSPS) is 14.4. The molecule has 0 amide bonds. The van der Waals surface area contributed by atoms with Gasteiger partial charge in [0.05, 0.1) is 35.7 Å². The molecule has 0 spiro atoms. The lowest BCUT2D eigenvalue weighted by molar-refractivity contribution is -0.137. The zero-order chi connectivity index (χ0) is 23.7. The number of aryl methyl sites for hydroxylation is 1. The van der Waals surface area contributed by atoms with Crippen LogP contribution in [0.2, 0.25) is 0 Å². The predicted molar refractivity (Wildman–Crippen MR) is 118 cm³/mol. The highest BCUT2D eigenvalue weighted by Gasteiger charge is 2.31. The maximum Gasteiger partial charge on any atom is 0.416 e. The van der Waals surface area contributed by atoms with E-state index in [1.54, 1.807) is 12.3 Å². The van der Waals surface area contributed by atoms with Crippen molar-refractivity contribution in [3.63, 3.8) is 0 Å². The number of hydrogen-bond acceptors (Lipinski definition) is 7. The number of rotatable bonds is 4. The van der Waals surface area contributed by atoms with Gasteiger partial charge < -0.3 is 9.64 Å². The van der Waals surface area contributed by atoms with Gasteiger partial charge in [-0.05, 0) is 41.6 Å². The van der Waals surface area contributed by atoms with Gasteiger partial charge in [-0.2, -0.15) is 17.9 Å². The van der Waals surface area contributed by atoms with Gasteiger partial charge in [0.25, 0.3) is 0 Å². The van der Waals surface area contributed by atoms with Crippen molar-refractivity contribution in [1.29, 1.82) is 0 Å². The second kappa shape index (κ2) is 8.82. The highest BCUT2D eigenvalue weighted by molar-refractivity contribution is 5.78. The third kappa shape index (κ3) is 4.34. The number of aromatic nitrogens is 6. The molecule has 34 heavy (non-hydrogen) atoms. The summed E-state index contributed by atoms with van der Waals surface area (Å²) >= 11 is 0. The van der Waals surface area contributed by atoms with Gasteiger partial charge in [-0.3, -0.25) is 0 Å². The summed E-state index contributed by atoms with van der Waals surface area (Å²) in [5, 5.41) is 12.0. The molecule has 0 saturated carbocycles. The first-order valence-electron chi connectivity index (χ1n) is 10.6. The van der Waals surface area contributed by atoms with Crippen LogP contribution in [0.1, 0.15) is 11.1 Å². The fraction of sp³-hybridized carbons (Fsp3) is 0.261. The van der Waals surface area contributed by atoms with Gasteiger partial charge in [-0.1, -0.05) is 29.8 Å². The van der Waals surface area contributed by atoms with Gasteiger partial charge in [0, 0.05) is 24.8 Å². The van der Waals surface area contributed by atoms with Crippen LogP contribution in [0.3, 0.4) is 0 Å². The Hall–Kier alpha value is -3.86. The molecule has 0 unspecified atom stereocenters. The van der Waals surface area contributed by atoms with Crippen LogP contribution >= 0.6 is 0 Å². The number of morpholine rings is 1. The standard InChI is InChI=1S/C23H20F3N7O/c1-15-5-7-18(8-6-15)33-21(29-30-31-33)19-14-27-22(32-9-11-34-12-10-32)28-20(19)16-3-2-4-17(13-16)23(24,25)26/h2-8,13-14H,9-12H2,1H3. The van der Waals surface area contributed by atoms with Crippen molar-refractivity contribution in [3.05, 3.63) is 65.9 Å². The molecule has 11 heteroatoms. The lowest BCUT2D eigenvalue weighted by Crippen LogP contribution is -2.37. The van der Waals surface area contributed by atoms with E-state index in [2.05, 4.69) is 25.5 Å². The number of halogens is 3. The van der Waals surface area contributed by atoms with Gasteiger partial charge >= 0.3 is 6.18 Å². The van der Waals surface area contributed by atoms with Crippen LogP contribution in [0.5, 0.6) is 0 Å². The Morgan fingerprint density at radius 2 is 1.76 bits per heavy atom. The van der Waals surface area contributed by atoms with Crippen molar-refractivity contribution < 1.29 is 17.9 Å². The highest BCUT2D eigenvalue weighted by atomic mass is 19.4. The molecule has 0 bridgehead atoms. The van der Waals surface area contributed by atoms with E-state index in [1.807, 2.05) is 36.1 Å². The molecule has 2 aromatic heterocycles. The quantitative estimate of drug-likeness (QED) is 0.450. The van der Waals surface area contributed by atoms with Gasteiger partial charge in [0.2, 0.25) is 5.95 Å². The summed E-state index contributed by atoms with van der Waals surface area (Å²) in [6.07, 6.45) is -2.93. The van der Waals surface area contributed by atoms with E-state index in [0.717, 1.165) is 17.7 Å². The minimum absolute atomic E-state index is 0.292. The number of alkyl halides is 3. The average Bonchev–Trinajstić information content (AvgIpc) is 3.34. The number of tetrazole rings is 1. The first-order chi connectivity index (χ1) is 16.4. The van der Waals surface area contributed by atoms with Crippen LogP contribution in [-0.4, -0.2) is 56.5 Å². The third-order valence-electron chi connectivity index (χ3n) is 5.52. The molecule has 1 aliphatic heterocycles. The Bertz CT molecular complexity index is 1300. The molecule has 1 fully saturated rings. The molecule has 3 heterocycles. The molecule has 0 atom stereocenters. The molecule has 4 aromatic rings. The van der Waals surface area contributed by atoms with Crippen LogP contribution in [0.15, 0.2) is 54.7 Å². The van der Waals surface area contributed by atoms with E-state index in [0.29, 0.717) is 60.6 Å². The maximum atomic E-state index is 13.5. The summed E-state index contributed by atoms with van der Waals surface area (Å²) in [6, 6.07) is 12.6. The molecular formula is C23H20F3N7O. The maximum absolute atomic E-state index is 13.5. The molecule has 5 rings (SSSR count). The summed E-state index contributed by atoms with van der Waals surface area (Å²) in [5.41, 5.74) is 2.03. The van der Waals surface area contributed by atoms with Crippen molar-refractivity contribution in [2.24, 2.45) is 0 Å². The summed E-state index contributed by atoms with van der Waals surface area (Å²) in [5.74, 6) is 0.735. The van der Waals surface area contributed by atoms with Crippen molar-refractivity contribution in [2.75, 3.05) is 31.2 Å². The number of ether oxygens (including phenoxy) is 1. The van der Waals surface area contributed by atoms with E-state index in [1.165, 1.54) is 10.7 Å². The smallest absolute Gasteiger partial charge is 0.378 e. The SMILES string of the molecule is Cc1ccc(-n2nnnc2-c2cnc(N3CCOCC3)nc2-c2cccc(C(F)(F)F)c2)cc1. The Labute approximate surface area is 193 Å². The first kappa shape index (κ1) is 22.0. The van der Waals surface area contributed by atoms with E-state index >= 15 is 0 Å². The lowest BCUT2D eigenvalue weighted by Gasteiger charge is -2.27. The van der Waals surface area contributed by atoms with Crippen molar-refractivity contribution >= 4 is 5.95 Å². The van der Waals surface area contributed by atoms with Gasteiger partial charge in [-0.15, -0.1) is 5.10 Å². The van der Waals surface area contributed by atoms with E-state index in [4.69, 9.17) is 4.74 Å². The van der Waals surface area contributed by atoms with Gasteiger partial charge in [0.1, 0.15) is 0 Å². The molecular weight excluding hydrogens is 447 g/mol. The molecule has 174 valence electrons. The Kier molecular flexibility index (Phi) is 5.70. The average molecular weight is 467 g/mol. The minimum Gasteiger partial charge on any atom is -0.378 e. The molecule has 1 saturated heterocycles. The summed E-state index contributed by atoms with van der Waals surface area (Å²) in [6.45, 7) is 4.19. The number of anilines is 1. The first-order valence-corrected chi connectivity index (χ1v) is 10.6. The van der Waals surface area contributed by atoms with Crippen LogP contribution in [0.25, 0.3) is 28.3 Å². The van der Waals surface area contributed by atoms with Crippen molar-refractivity contribution in [1.82, 2.24) is 30.2 Å². The van der Waals surface area contributed by atoms with Crippen molar-refractivity contribution in [3.8, 4) is 28.3 Å². The van der Waals surface area contributed by atoms with Crippen LogP contribution in [0, 0.1) is 6.92 Å². The van der Waals surface area contributed by atoms with Crippen LogP contribution in [-0.2, 0) is 10.9 Å². The summed E-state index contributed by atoms with van der Waals surface area (Å²) in [7, 11) is 0. The fourth-order valence-electron chi connectivity index (χ4n) is 3.73. The number of benzene rings is 2. The second-order valence-corrected chi connectivity index (χ2v) is 7.86. The van der Waals surface area contributed by atoms with Crippen LogP contribution < -0.4 is 4.90 Å². The largest absolute Gasteiger partial charge is 0.416 e. The minimum atomic E-state index is -4.49.